The van der Waals surface area contributed by atoms with E-state index < -0.39 is 0 Å². The quantitative estimate of drug-likeness (QED) is 0.694. The summed E-state index contributed by atoms with van der Waals surface area (Å²) in [5, 5.41) is 6.11. The topological polar surface area (TPSA) is 52.0 Å². The molecule has 0 aliphatic carbocycles. The molecule has 0 saturated carbocycles. The van der Waals surface area contributed by atoms with E-state index in [2.05, 4.69) is 5.10 Å². The highest BCUT2D eigenvalue weighted by Gasteiger charge is 2.20. The first-order valence-corrected chi connectivity index (χ1v) is 7.29. The van der Waals surface area contributed by atoms with Crippen LogP contribution < -0.4 is 0 Å². The lowest BCUT2D eigenvalue weighted by Gasteiger charge is -2.05. The molecule has 3 rings (SSSR count). The van der Waals surface area contributed by atoms with Crippen LogP contribution in [-0.2, 0) is 0 Å². The van der Waals surface area contributed by atoms with E-state index in [4.69, 9.17) is 0 Å². The molecule has 0 radical (unpaired) electrons. The molecule has 0 amide bonds. The molecule has 21 heavy (non-hydrogen) atoms. The van der Waals surface area contributed by atoms with Gasteiger partial charge in [0, 0.05) is 6.92 Å². The largest absolute Gasteiger partial charge is 0.293 e. The first-order valence-electron chi connectivity index (χ1n) is 6.41. The third-order valence-electron chi connectivity index (χ3n) is 3.05. The summed E-state index contributed by atoms with van der Waals surface area (Å²) in [4.78, 5) is 24.8. The van der Waals surface area contributed by atoms with Crippen molar-refractivity contribution in [1.29, 1.82) is 0 Å². The van der Waals surface area contributed by atoms with Crippen molar-refractivity contribution in [3.63, 3.8) is 0 Å². The van der Waals surface area contributed by atoms with Gasteiger partial charge in [-0.25, -0.2) is 4.68 Å². The molecule has 1 aromatic carbocycles. The molecule has 3 aromatic rings. The van der Waals surface area contributed by atoms with E-state index >= 15 is 0 Å². The molecule has 0 saturated heterocycles. The summed E-state index contributed by atoms with van der Waals surface area (Å²) in [5.74, 6) is -0.293. The number of carbonyl (C=O) groups excluding carboxylic acids is 2. The van der Waals surface area contributed by atoms with Crippen molar-refractivity contribution in [1.82, 2.24) is 9.78 Å². The molecule has 0 spiro atoms. The fraction of sp³-hybridized carbons (Fsp3) is 0.0625. The molecule has 5 heteroatoms. The monoisotopic (exact) mass is 296 g/mol. The predicted octanol–water partition coefficient (Wildman–Crippen LogP) is 3.37. The summed E-state index contributed by atoms with van der Waals surface area (Å²) >= 11 is 1.37. The standard InChI is InChI=1S/C16H12N2O2S/c1-11(19)13-10-14(16(20)15-8-5-9-21-15)18(17-13)12-6-3-2-4-7-12/h2-10H,1H3. The van der Waals surface area contributed by atoms with E-state index in [0.717, 1.165) is 5.69 Å². The Morgan fingerprint density at radius 3 is 2.48 bits per heavy atom. The molecule has 0 fully saturated rings. The normalized spacial score (nSPS) is 10.5. The van der Waals surface area contributed by atoms with Crippen molar-refractivity contribution in [3.05, 3.63) is 70.2 Å². The van der Waals surface area contributed by atoms with E-state index in [9.17, 15) is 9.59 Å². The third kappa shape index (κ3) is 2.55. The smallest absolute Gasteiger partial charge is 0.221 e. The Morgan fingerprint density at radius 2 is 1.86 bits per heavy atom. The van der Waals surface area contributed by atoms with Crippen LogP contribution in [0.1, 0.15) is 32.8 Å². The number of carbonyl (C=O) groups is 2. The number of aromatic nitrogens is 2. The second kappa shape index (κ2) is 5.46. The first kappa shape index (κ1) is 13.5. The van der Waals surface area contributed by atoms with E-state index in [1.807, 2.05) is 41.8 Å². The van der Waals surface area contributed by atoms with Crippen LogP contribution in [0.4, 0.5) is 0 Å². The van der Waals surface area contributed by atoms with Crippen LogP contribution in [0.2, 0.25) is 0 Å². The lowest BCUT2D eigenvalue weighted by molar-refractivity contribution is 0.101. The van der Waals surface area contributed by atoms with Crippen molar-refractivity contribution in [2.75, 3.05) is 0 Å². The average Bonchev–Trinajstić information content (AvgIpc) is 3.17. The van der Waals surface area contributed by atoms with Crippen molar-refractivity contribution in [2.45, 2.75) is 6.92 Å². The summed E-state index contributed by atoms with van der Waals surface area (Å²) in [6, 6.07) is 14.5. The maximum absolute atomic E-state index is 12.6. The molecule has 0 atom stereocenters. The SMILES string of the molecule is CC(=O)c1cc(C(=O)c2cccs2)n(-c2ccccc2)n1. The molecule has 0 N–H and O–H groups in total. The average molecular weight is 296 g/mol. The molecule has 0 unspecified atom stereocenters. The van der Waals surface area contributed by atoms with Gasteiger partial charge in [-0.2, -0.15) is 5.10 Å². The number of Topliss-reactive ketones (excluding diaryl/α,β-unsaturated/α-hetero) is 1. The van der Waals surface area contributed by atoms with Gasteiger partial charge in [0.15, 0.2) is 5.78 Å². The zero-order valence-electron chi connectivity index (χ0n) is 11.3. The second-order valence-electron chi connectivity index (χ2n) is 4.52. The van der Waals surface area contributed by atoms with E-state index in [-0.39, 0.29) is 11.6 Å². The highest BCUT2D eigenvalue weighted by atomic mass is 32.1. The Kier molecular flexibility index (Phi) is 3.50. The van der Waals surface area contributed by atoms with Crippen LogP contribution in [-0.4, -0.2) is 21.3 Å². The van der Waals surface area contributed by atoms with E-state index in [1.54, 1.807) is 12.1 Å². The lowest BCUT2D eigenvalue weighted by Crippen LogP contribution is -2.08. The van der Waals surface area contributed by atoms with Crippen LogP contribution in [0.15, 0.2) is 53.9 Å². The summed E-state index contributed by atoms with van der Waals surface area (Å²) in [6.07, 6.45) is 0. The Labute approximate surface area is 125 Å². The minimum atomic E-state index is -0.162. The van der Waals surface area contributed by atoms with Crippen LogP contribution >= 0.6 is 11.3 Å². The molecule has 0 aliphatic heterocycles. The van der Waals surface area contributed by atoms with Gasteiger partial charge in [0.05, 0.1) is 10.6 Å². The summed E-state index contributed by atoms with van der Waals surface area (Å²) in [5.41, 5.74) is 1.44. The first-order chi connectivity index (χ1) is 10.2. The van der Waals surface area contributed by atoms with Crippen molar-refractivity contribution < 1.29 is 9.59 Å². The number of para-hydroxylation sites is 1. The Balaban J connectivity index is 2.15. The molecule has 0 bridgehead atoms. The molecule has 2 aromatic heterocycles. The van der Waals surface area contributed by atoms with Gasteiger partial charge >= 0.3 is 0 Å². The molecule has 4 nitrogen and oxygen atoms in total. The number of nitrogens with zero attached hydrogens (tertiary/aromatic N) is 2. The van der Waals surface area contributed by atoms with Gasteiger partial charge in [-0.1, -0.05) is 24.3 Å². The van der Waals surface area contributed by atoms with Crippen LogP contribution in [0.5, 0.6) is 0 Å². The van der Waals surface area contributed by atoms with Crippen LogP contribution in [0, 0.1) is 0 Å². The summed E-state index contributed by atoms with van der Waals surface area (Å²) in [7, 11) is 0. The number of rotatable bonds is 4. The highest BCUT2D eigenvalue weighted by Crippen LogP contribution is 2.19. The number of hydrogen-bond donors (Lipinski definition) is 0. The Morgan fingerprint density at radius 1 is 1.10 bits per heavy atom. The predicted molar refractivity (Wildman–Crippen MR) is 81.3 cm³/mol. The zero-order valence-corrected chi connectivity index (χ0v) is 12.1. The van der Waals surface area contributed by atoms with Gasteiger partial charge in [0.1, 0.15) is 11.4 Å². The number of hydrogen-bond acceptors (Lipinski definition) is 4. The van der Waals surface area contributed by atoms with Crippen molar-refractivity contribution in [3.8, 4) is 5.69 Å². The zero-order chi connectivity index (χ0) is 14.8. The number of thiophene rings is 1. The molecular weight excluding hydrogens is 284 g/mol. The maximum atomic E-state index is 12.6. The second-order valence-corrected chi connectivity index (χ2v) is 5.47. The van der Waals surface area contributed by atoms with Gasteiger partial charge < -0.3 is 0 Å². The number of benzene rings is 1. The third-order valence-corrected chi connectivity index (χ3v) is 3.92. The van der Waals surface area contributed by atoms with Crippen molar-refractivity contribution >= 4 is 22.9 Å². The maximum Gasteiger partial charge on any atom is 0.221 e. The van der Waals surface area contributed by atoms with E-state index in [1.165, 1.54) is 22.9 Å². The molecule has 104 valence electrons. The minimum absolute atomic E-state index is 0.131. The van der Waals surface area contributed by atoms with Crippen LogP contribution in [0.3, 0.4) is 0 Å². The molecule has 0 aliphatic rings. The fourth-order valence-corrected chi connectivity index (χ4v) is 2.69. The number of ketones is 2. The van der Waals surface area contributed by atoms with Gasteiger partial charge in [-0.05, 0) is 29.6 Å². The summed E-state index contributed by atoms with van der Waals surface area (Å²) < 4.78 is 1.53. The minimum Gasteiger partial charge on any atom is -0.293 e. The molecular formula is C16H12N2O2S. The van der Waals surface area contributed by atoms with Crippen molar-refractivity contribution in [2.24, 2.45) is 0 Å². The highest BCUT2D eigenvalue weighted by molar-refractivity contribution is 7.12. The lowest BCUT2D eigenvalue weighted by atomic mass is 10.2. The summed E-state index contributed by atoms with van der Waals surface area (Å²) in [6.45, 7) is 1.44. The van der Waals surface area contributed by atoms with Gasteiger partial charge in [-0.15, -0.1) is 11.3 Å². The Bertz CT molecular complexity index is 789. The molecule has 2 heterocycles. The van der Waals surface area contributed by atoms with E-state index in [0.29, 0.717) is 16.3 Å². The van der Waals surface area contributed by atoms with Gasteiger partial charge in [0.2, 0.25) is 5.78 Å². The fourth-order valence-electron chi connectivity index (χ4n) is 2.01. The van der Waals surface area contributed by atoms with Gasteiger partial charge in [0.25, 0.3) is 0 Å². The van der Waals surface area contributed by atoms with Crippen LogP contribution in [0.25, 0.3) is 5.69 Å². The Hall–Kier alpha value is -2.53. The van der Waals surface area contributed by atoms with Gasteiger partial charge in [-0.3, -0.25) is 9.59 Å².